The van der Waals surface area contributed by atoms with Gasteiger partial charge in [-0.2, -0.15) is 0 Å². The van der Waals surface area contributed by atoms with Crippen LogP contribution in [-0.4, -0.2) is 45.6 Å². The van der Waals surface area contributed by atoms with Crippen LogP contribution in [0.15, 0.2) is 0 Å². The van der Waals surface area contributed by atoms with Crippen LogP contribution in [0.4, 0.5) is 0 Å². The Labute approximate surface area is 120 Å². The molecule has 1 N–H and O–H groups in total. The zero-order valence-electron chi connectivity index (χ0n) is 11.7. The van der Waals surface area contributed by atoms with Crippen molar-refractivity contribution in [1.29, 1.82) is 0 Å². The lowest BCUT2D eigenvalue weighted by molar-refractivity contribution is -0.198. The molecule has 0 bridgehead atoms. The number of hydroxylamine groups is 2. The minimum Gasteiger partial charge on any atom is -0.462 e. The van der Waals surface area contributed by atoms with E-state index in [1.54, 1.807) is 0 Å². The fraction of sp³-hybridized carbons (Fsp3) is 0.692. The van der Waals surface area contributed by atoms with Crippen molar-refractivity contribution in [2.45, 2.75) is 57.2 Å². The van der Waals surface area contributed by atoms with Gasteiger partial charge in [-0.3, -0.25) is 14.4 Å². The van der Waals surface area contributed by atoms with Gasteiger partial charge in [-0.25, -0.2) is 4.79 Å². The lowest BCUT2D eigenvalue weighted by Gasteiger charge is -2.33. The van der Waals surface area contributed by atoms with E-state index in [4.69, 9.17) is 9.57 Å². The number of ether oxygens (including phenoxy) is 1. The Hall–Kier alpha value is -1.96. The van der Waals surface area contributed by atoms with Gasteiger partial charge < -0.3 is 14.7 Å². The first-order valence-electron chi connectivity index (χ1n) is 6.75. The van der Waals surface area contributed by atoms with Crippen molar-refractivity contribution in [3.8, 4) is 0 Å². The Morgan fingerprint density at radius 1 is 1.38 bits per heavy atom. The maximum Gasteiger partial charge on any atom is 0.333 e. The lowest BCUT2D eigenvalue weighted by Crippen LogP contribution is -2.41. The third-order valence-electron chi connectivity index (χ3n) is 3.36. The van der Waals surface area contributed by atoms with Gasteiger partial charge in [0.15, 0.2) is 0 Å². The molecule has 2 saturated heterocycles. The Bertz CT molecular complexity index is 469. The van der Waals surface area contributed by atoms with Crippen LogP contribution in [0.2, 0.25) is 0 Å². The second-order valence-electron chi connectivity index (χ2n) is 5.57. The molecular formula is C13H17NO7. The van der Waals surface area contributed by atoms with Crippen molar-refractivity contribution in [3.05, 3.63) is 0 Å². The summed E-state index contributed by atoms with van der Waals surface area (Å²) in [5.41, 5.74) is -1.15. The number of hydrogen-bond acceptors (Lipinski definition) is 7. The van der Waals surface area contributed by atoms with Gasteiger partial charge in [0, 0.05) is 19.3 Å². The minimum atomic E-state index is -1.15. The van der Waals surface area contributed by atoms with Crippen LogP contribution in [-0.2, 0) is 28.8 Å². The van der Waals surface area contributed by atoms with Crippen molar-refractivity contribution in [2.24, 2.45) is 0 Å². The Morgan fingerprint density at radius 2 is 2.00 bits per heavy atom. The van der Waals surface area contributed by atoms with Crippen LogP contribution in [0.25, 0.3) is 0 Å². The Morgan fingerprint density at radius 3 is 2.57 bits per heavy atom. The molecule has 8 nitrogen and oxygen atoms in total. The number of nitrogens with zero attached hydrogens (tertiary/aromatic N) is 1. The number of imide groups is 1. The molecule has 2 rings (SSSR count). The summed E-state index contributed by atoms with van der Waals surface area (Å²) in [6.45, 7) is 1.53. The molecule has 0 aromatic heterocycles. The van der Waals surface area contributed by atoms with E-state index in [0.29, 0.717) is 5.06 Å². The van der Waals surface area contributed by atoms with E-state index in [1.165, 1.54) is 6.92 Å². The molecule has 2 fully saturated rings. The molecule has 0 saturated carbocycles. The molecule has 8 heteroatoms. The predicted molar refractivity (Wildman–Crippen MR) is 66.2 cm³/mol. The van der Waals surface area contributed by atoms with E-state index >= 15 is 0 Å². The molecule has 2 unspecified atom stereocenters. The van der Waals surface area contributed by atoms with Crippen molar-refractivity contribution in [1.82, 2.24) is 5.06 Å². The molecular weight excluding hydrogens is 282 g/mol. The summed E-state index contributed by atoms with van der Waals surface area (Å²) in [6.07, 6.45) is -0.316. The molecule has 21 heavy (non-hydrogen) atoms. The van der Waals surface area contributed by atoms with E-state index in [0.717, 1.165) is 0 Å². The quantitative estimate of drug-likeness (QED) is 0.566. The van der Waals surface area contributed by atoms with Crippen LogP contribution in [0.3, 0.4) is 0 Å². The third kappa shape index (κ3) is 4.01. The van der Waals surface area contributed by atoms with E-state index in [2.05, 4.69) is 0 Å². The molecule has 2 amide bonds. The molecule has 0 radical (unpaired) electrons. The normalized spacial score (nSPS) is 29.5. The van der Waals surface area contributed by atoms with Gasteiger partial charge in [0.05, 0.1) is 18.4 Å². The smallest absolute Gasteiger partial charge is 0.333 e. The summed E-state index contributed by atoms with van der Waals surface area (Å²) < 4.78 is 5.03. The van der Waals surface area contributed by atoms with Crippen molar-refractivity contribution in [3.63, 3.8) is 0 Å². The number of hydrogen-bond donors (Lipinski definition) is 1. The first-order chi connectivity index (χ1) is 9.77. The van der Waals surface area contributed by atoms with Crippen LogP contribution in [0.1, 0.15) is 45.4 Å². The Balaban J connectivity index is 1.80. The number of amides is 2. The molecule has 0 spiro atoms. The maximum absolute atomic E-state index is 11.6. The molecule has 2 heterocycles. The van der Waals surface area contributed by atoms with Crippen molar-refractivity contribution < 1.29 is 33.9 Å². The summed E-state index contributed by atoms with van der Waals surface area (Å²) in [7, 11) is 0. The molecule has 116 valence electrons. The first kappa shape index (κ1) is 15.4. The van der Waals surface area contributed by atoms with Gasteiger partial charge in [-0.15, -0.1) is 5.06 Å². The van der Waals surface area contributed by atoms with E-state index in [-0.39, 0.29) is 38.5 Å². The largest absolute Gasteiger partial charge is 0.462 e. The summed E-state index contributed by atoms with van der Waals surface area (Å²) in [5, 5.41) is 10.3. The van der Waals surface area contributed by atoms with E-state index in [9.17, 15) is 24.3 Å². The van der Waals surface area contributed by atoms with Crippen molar-refractivity contribution in [2.75, 3.05) is 0 Å². The molecule has 2 atom stereocenters. The standard InChI is InChI=1S/C13H17NO7/c1-13(19)6-8(20-12(18)7-13)2-5-11(17)21-14-9(15)3-4-10(14)16/h8,19H,2-7H2,1H3. The topological polar surface area (TPSA) is 110 Å². The van der Waals surface area contributed by atoms with E-state index < -0.39 is 35.5 Å². The highest BCUT2D eigenvalue weighted by Gasteiger charge is 2.37. The van der Waals surface area contributed by atoms with Crippen LogP contribution in [0.5, 0.6) is 0 Å². The predicted octanol–water partition coefficient (Wildman–Crippen LogP) is -0.170. The summed E-state index contributed by atoms with van der Waals surface area (Å²) in [4.78, 5) is 50.2. The third-order valence-corrected chi connectivity index (χ3v) is 3.36. The molecule has 2 aliphatic rings. The number of carbonyl (C=O) groups excluding carboxylic acids is 4. The van der Waals surface area contributed by atoms with Gasteiger partial charge in [0.1, 0.15) is 6.10 Å². The molecule has 0 aliphatic carbocycles. The summed E-state index contributed by atoms with van der Waals surface area (Å²) in [5.74, 6) is -2.35. The van der Waals surface area contributed by atoms with Crippen molar-refractivity contribution >= 4 is 23.8 Å². The summed E-state index contributed by atoms with van der Waals surface area (Å²) >= 11 is 0. The highest BCUT2D eigenvalue weighted by Crippen LogP contribution is 2.27. The molecule has 0 aromatic carbocycles. The SMILES string of the molecule is CC1(O)CC(=O)OC(CCC(=O)ON2C(=O)CCC2=O)C1. The second-order valence-corrected chi connectivity index (χ2v) is 5.57. The van der Waals surface area contributed by atoms with Gasteiger partial charge in [0.25, 0.3) is 11.8 Å². The van der Waals surface area contributed by atoms with Crippen LogP contribution >= 0.6 is 0 Å². The zero-order valence-corrected chi connectivity index (χ0v) is 11.7. The summed E-state index contributed by atoms with van der Waals surface area (Å²) in [6, 6.07) is 0. The minimum absolute atomic E-state index is 0.0369. The average Bonchev–Trinajstić information content (AvgIpc) is 2.66. The second kappa shape index (κ2) is 5.80. The number of aliphatic hydroxyl groups is 1. The van der Waals surface area contributed by atoms with Gasteiger partial charge in [-0.1, -0.05) is 0 Å². The maximum atomic E-state index is 11.6. The molecule has 0 aromatic rings. The monoisotopic (exact) mass is 299 g/mol. The zero-order chi connectivity index (χ0) is 15.6. The van der Waals surface area contributed by atoms with Crippen LogP contribution < -0.4 is 0 Å². The number of carbonyl (C=O) groups is 4. The fourth-order valence-corrected chi connectivity index (χ4v) is 2.39. The van der Waals surface area contributed by atoms with Gasteiger partial charge in [0.2, 0.25) is 0 Å². The number of rotatable bonds is 4. The average molecular weight is 299 g/mol. The van der Waals surface area contributed by atoms with E-state index in [1.807, 2.05) is 0 Å². The highest BCUT2D eigenvalue weighted by molar-refractivity contribution is 6.01. The van der Waals surface area contributed by atoms with Crippen LogP contribution in [0, 0.1) is 0 Å². The van der Waals surface area contributed by atoms with Gasteiger partial charge >= 0.3 is 11.9 Å². The lowest BCUT2D eigenvalue weighted by atomic mass is 9.90. The number of cyclic esters (lactones) is 1. The Kier molecular flexibility index (Phi) is 4.26. The highest BCUT2D eigenvalue weighted by atomic mass is 16.7. The fourth-order valence-electron chi connectivity index (χ4n) is 2.39. The van der Waals surface area contributed by atoms with Gasteiger partial charge in [-0.05, 0) is 13.3 Å². The first-order valence-corrected chi connectivity index (χ1v) is 6.75. The number of esters is 1. The molecule has 2 aliphatic heterocycles.